The standard InChI is InChI=1S/C18H28N2O2/c1-7-12-8-14(19)9-13-10-20(11-18(5,6)15(12)13)16(21)22-17(2,3)4/h8-9H,7,10-11,19H2,1-6H3. The van der Waals surface area contributed by atoms with Crippen LogP contribution in [0.1, 0.15) is 58.2 Å². The first-order valence-corrected chi connectivity index (χ1v) is 7.93. The van der Waals surface area contributed by atoms with Gasteiger partial charge in [0, 0.05) is 24.2 Å². The molecule has 22 heavy (non-hydrogen) atoms. The average Bonchev–Trinajstić information content (AvgIpc) is 2.33. The molecule has 2 rings (SSSR count). The third-order valence-electron chi connectivity index (χ3n) is 3.98. The first-order chi connectivity index (χ1) is 10.0. The van der Waals surface area contributed by atoms with Gasteiger partial charge in [0.1, 0.15) is 5.60 Å². The lowest BCUT2D eigenvalue weighted by molar-refractivity contribution is 0.0173. The smallest absolute Gasteiger partial charge is 0.410 e. The zero-order valence-electron chi connectivity index (χ0n) is 14.6. The summed E-state index contributed by atoms with van der Waals surface area (Å²) in [5.41, 5.74) is 9.97. The van der Waals surface area contributed by atoms with E-state index in [0.29, 0.717) is 13.1 Å². The zero-order valence-corrected chi connectivity index (χ0v) is 14.6. The van der Waals surface area contributed by atoms with E-state index in [4.69, 9.17) is 10.5 Å². The highest BCUT2D eigenvalue weighted by Gasteiger charge is 2.37. The lowest BCUT2D eigenvalue weighted by Crippen LogP contribution is -2.47. The van der Waals surface area contributed by atoms with Crippen molar-refractivity contribution in [1.29, 1.82) is 0 Å². The van der Waals surface area contributed by atoms with Crippen LogP contribution in [0.2, 0.25) is 0 Å². The van der Waals surface area contributed by atoms with Crippen LogP contribution in [-0.4, -0.2) is 23.1 Å². The summed E-state index contributed by atoms with van der Waals surface area (Å²) in [5, 5.41) is 0. The highest BCUT2D eigenvalue weighted by Crippen LogP contribution is 2.37. The van der Waals surface area contributed by atoms with Crippen LogP contribution in [0.4, 0.5) is 10.5 Å². The van der Waals surface area contributed by atoms with Crippen LogP contribution in [0.5, 0.6) is 0 Å². The monoisotopic (exact) mass is 304 g/mol. The van der Waals surface area contributed by atoms with Gasteiger partial charge in [0.25, 0.3) is 0 Å². The van der Waals surface area contributed by atoms with Gasteiger partial charge in [-0.05, 0) is 56.0 Å². The lowest BCUT2D eigenvalue weighted by atomic mass is 9.75. The molecule has 0 radical (unpaired) electrons. The van der Waals surface area contributed by atoms with Crippen molar-refractivity contribution >= 4 is 11.8 Å². The van der Waals surface area contributed by atoms with Gasteiger partial charge >= 0.3 is 6.09 Å². The Hall–Kier alpha value is -1.71. The molecule has 0 bridgehead atoms. The van der Waals surface area contributed by atoms with Crippen LogP contribution in [-0.2, 0) is 23.1 Å². The third-order valence-corrected chi connectivity index (χ3v) is 3.98. The molecular weight excluding hydrogens is 276 g/mol. The molecule has 122 valence electrons. The van der Waals surface area contributed by atoms with Gasteiger partial charge in [-0.3, -0.25) is 0 Å². The van der Waals surface area contributed by atoms with Gasteiger partial charge in [0.05, 0.1) is 0 Å². The fraction of sp³-hybridized carbons (Fsp3) is 0.611. The largest absolute Gasteiger partial charge is 0.444 e. The molecule has 0 spiro atoms. The Morgan fingerprint density at radius 3 is 2.55 bits per heavy atom. The second-order valence-corrected chi connectivity index (χ2v) is 7.79. The molecule has 1 aromatic rings. The number of hydrogen-bond acceptors (Lipinski definition) is 3. The maximum atomic E-state index is 12.4. The number of aryl methyl sites for hydroxylation is 1. The summed E-state index contributed by atoms with van der Waals surface area (Å²) in [5.74, 6) is 0. The molecule has 0 aromatic heterocycles. The molecular formula is C18H28N2O2. The first-order valence-electron chi connectivity index (χ1n) is 7.93. The number of benzene rings is 1. The first kappa shape index (κ1) is 16.7. The summed E-state index contributed by atoms with van der Waals surface area (Å²) in [7, 11) is 0. The van der Waals surface area contributed by atoms with E-state index >= 15 is 0 Å². The number of nitrogens with zero attached hydrogens (tertiary/aromatic N) is 1. The molecule has 0 unspecified atom stereocenters. The zero-order chi connectivity index (χ0) is 16.7. The summed E-state index contributed by atoms with van der Waals surface area (Å²) >= 11 is 0. The fourth-order valence-corrected chi connectivity index (χ4v) is 3.34. The van der Waals surface area contributed by atoms with Crippen molar-refractivity contribution in [2.45, 2.75) is 65.5 Å². The number of ether oxygens (including phenoxy) is 1. The Morgan fingerprint density at radius 1 is 1.36 bits per heavy atom. The Bertz CT molecular complexity index is 585. The number of carbonyl (C=O) groups is 1. The van der Waals surface area contributed by atoms with Crippen molar-refractivity contribution in [2.75, 3.05) is 12.3 Å². The predicted octanol–water partition coefficient (Wildman–Crippen LogP) is 3.86. The van der Waals surface area contributed by atoms with E-state index in [1.807, 2.05) is 26.8 Å². The highest BCUT2D eigenvalue weighted by atomic mass is 16.6. The van der Waals surface area contributed by atoms with Crippen LogP contribution in [0.3, 0.4) is 0 Å². The third kappa shape index (κ3) is 3.37. The van der Waals surface area contributed by atoms with Gasteiger partial charge in [-0.15, -0.1) is 0 Å². The number of carbonyl (C=O) groups excluding carboxylic acids is 1. The minimum atomic E-state index is -0.480. The SMILES string of the molecule is CCc1cc(N)cc2c1C(C)(C)CN(C(=O)OC(C)(C)C)C2. The minimum Gasteiger partial charge on any atom is -0.444 e. The van der Waals surface area contributed by atoms with E-state index in [9.17, 15) is 4.79 Å². The molecule has 0 fully saturated rings. The normalized spacial score (nSPS) is 17.1. The number of amides is 1. The Labute approximate surface area is 133 Å². The Balaban J connectivity index is 2.38. The molecule has 2 N–H and O–H groups in total. The quantitative estimate of drug-likeness (QED) is 0.802. The predicted molar refractivity (Wildman–Crippen MR) is 89.9 cm³/mol. The molecule has 4 heteroatoms. The lowest BCUT2D eigenvalue weighted by Gasteiger charge is -2.41. The molecule has 0 atom stereocenters. The highest BCUT2D eigenvalue weighted by molar-refractivity contribution is 5.69. The van der Waals surface area contributed by atoms with Crippen molar-refractivity contribution in [3.05, 3.63) is 28.8 Å². The molecule has 1 aromatic carbocycles. The van der Waals surface area contributed by atoms with Gasteiger partial charge in [-0.2, -0.15) is 0 Å². The van der Waals surface area contributed by atoms with Crippen LogP contribution < -0.4 is 5.73 Å². The maximum absolute atomic E-state index is 12.4. The molecule has 0 saturated carbocycles. The van der Waals surface area contributed by atoms with Gasteiger partial charge in [-0.25, -0.2) is 4.79 Å². The summed E-state index contributed by atoms with van der Waals surface area (Å²) in [6.07, 6.45) is 0.690. The van der Waals surface area contributed by atoms with Crippen LogP contribution in [0.15, 0.2) is 12.1 Å². The number of hydrogen-bond donors (Lipinski definition) is 1. The van der Waals surface area contributed by atoms with Gasteiger partial charge in [0.2, 0.25) is 0 Å². The fourth-order valence-electron chi connectivity index (χ4n) is 3.34. The molecule has 1 aliphatic heterocycles. The number of nitrogen functional groups attached to an aromatic ring is 1. The van der Waals surface area contributed by atoms with E-state index in [0.717, 1.165) is 17.7 Å². The average molecular weight is 304 g/mol. The topological polar surface area (TPSA) is 55.6 Å². The number of anilines is 1. The van der Waals surface area contributed by atoms with Gasteiger partial charge in [-0.1, -0.05) is 20.8 Å². The summed E-state index contributed by atoms with van der Waals surface area (Å²) in [6, 6.07) is 4.05. The van der Waals surface area contributed by atoms with Gasteiger partial charge < -0.3 is 15.4 Å². The van der Waals surface area contributed by atoms with E-state index in [2.05, 4.69) is 26.8 Å². The number of nitrogens with two attached hydrogens (primary N) is 1. The van der Waals surface area contributed by atoms with E-state index < -0.39 is 5.60 Å². The van der Waals surface area contributed by atoms with Gasteiger partial charge in [0.15, 0.2) is 0 Å². The molecule has 1 heterocycles. The van der Waals surface area contributed by atoms with E-state index in [1.165, 1.54) is 11.1 Å². The summed E-state index contributed by atoms with van der Waals surface area (Å²) in [6.45, 7) is 13.4. The molecule has 0 saturated heterocycles. The van der Waals surface area contributed by atoms with Crippen molar-refractivity contribution in [2.24, 2.45) is 0 Å². The van der Waals surface area contributed by atoms with Crippen molar-refractivity contribution in [1.82, 2.24) is 4.90 Å². The Kier molecular flexibility index (Phi) is 4.16. The van der Waals surface area contributed by atoms with Crippen LogP contribution in [0, 0.1) is 0 Å². The van der Waals surface area contributed by atoms with Crippen molar-refractivity contribution in [3.63, 3.8) is 0 Å². The molecule has 0 aliphatic carbocycles. The second kappa shape index (κ2) is 5.49. The van der Waals surface area contributed by atoms with Crippen LogP contribution >= 0.6 is 0 Å². The summed E-state index contributed by atoms with van der Waals surface area (Å²) in [4.78, 5) is 14.2. The maximum Gasteiger partial charge on any atom is 0.410 e. The number of fused-ring (bicyclic) bond motifs is 1. The van der Waals surface area contributed by atoms with E-state index in [-0.39, 0.29) is 11.5 Å². The molecule has 1 amide bonds. The summed E-state index contributed by atoms with van der Waals surface area (Å²) < 4.78 is 5.53. The van der Waals surface area contributed by atoms with E-state index in [1.54, 1.807) is 4.90 Å². The molecule has 4 nitrogen and oxygen atoms in total. The van der Waals surface area contributed by atoms with Crippen molar-refractivity contribution < 1.29 is 9.53 Å². The molecule has 1 aliphatic rings. The van der Waals surface area contributed by atoms with Crippen molar-refractivity contribution in [3.8, 4) is 0 Å². The number of rotatable bonds is 1. The minimum absolute atomic E-state index is 0.108. The Morgan fingerprint density at radius 2 is 2.00 bits per heavy atom. The second-order valence-electron chi connectivity index (χ2n) is 7.79. The van der Waals surface area contributed by atoms with Crippen LogP contribution in [0.25, 0.3) is 0 Å².